The zero-order chi connectivity index (χ0) is 11.5. The van der Waals surface area contributed by atoms with Crippen molar-refractivity contribution in [2.45, 2.75) is 25.9 Å². The topological polar surface area (TPSA) is 47.6 Å². The summed E-state index contributed by atoms with van der Waals surface area (Å²) in [5, 5.41) is 6.27. The van der Waals surface area contributed by atoms with Crippen LogP contribution in [-0.4, -0.2) is 67.2 Å². The summed E-state index contributed by atoms with van der Waals surface area (Å²) in [5.41, 5.74) is 0. The van der Waals surface area contributed by atoms with Gasteiger partial charge in [-0.2, -0.15) is 0 Å². The van der Waals surface area contributed by atoms with Crippen LogP contribution >= 0.6 is 0 Å². The van der Waals surface area contributed by atoms with Gasteiger partial charge in [-0.3, -0.25) is 4.90 Å². The minimum Gasteiger partial charge on any atom is -0.336 e. The van der Waals surface area contributed by atoms with E-state index in [0.717, 1.165) is 39.3 Å². The molecule has 0 aromatic rings. The van der Waals surface area contributed by atoms with E-state index in [1.807, 2.05) is 18.7 Å². The first-order chi connectivity index (χ1) is 7.66. The average molecular weight is 226 g/mol. The van der Waals surface area contributed by atoms with Crippen molar-refractivity contribution >= 4 is 6.03 Å². The van der Waals surface area contributed by atoms with Gasteiger partial charge in [0.1, 0.15) is 0 Å². The van der Waals surface area contributed by atoms with E-state index in [4.69, 9.17) is 0 Å². The minimum absolute atomic E-state index is 0.0846. The van der Waals surface area contributed by atoms with Gasteiger partial charge in [-0.25, -0.2) is 4.79 Å². The molecule has 0 bridgehead atoms. The molecule has 0 atom stereocenters. The van der Waals surface area contributed by atoms with Gasteiger partial charge in [-0.15, -0.1) is 0 Å². The Kier molecular flexibility index (Phi) is 3.66. The average Bonchev–Trinajstić information content (AvgIpc) is 2.15. The maximum atomic E-state index is 11.6. The maximum absolute atomic E-state index is 11.6. The van der Waals surface area contributed by atoms with Gasteiger partial charge in [0.2, 0.25) is 0 Å². The van der Waals surface area contributed by atoms with E-state index in [9.17, 15) is 4.79 Å². The summed E-state index contributed by atoms with van der Waals surface area (Å²) in [5.74, 6) is 0. The van der Waals surface area contributed by atoms with Gasteiger partial charge in [-0.05, 0) is 13.8 Å². The third kappa shape index (κ3) is 2.65. The minimum atomic E-state index is 0.0846. The Balaban J connectivity index is 1.70. The summed E-state index contributed by atoms with van der Waals surface area (Å²) in [6.45, 7) is 10.1. The van der Waals surface area contributed by atoms with Crippen molar-refractivity contribution in [1.82, 2.24) is 20.4 Å². The number of carbonyl (C=O) groups is 1. The number of hydrogen-bond acceptors (Lipinski definition) is 3. The lowest BCUT2D eigenvalue weighted by atomic mass is 10.1. The Bertz CT molecular complexity index is 244. The lowest BCUT2D eigenvalue weighted by Gasteiger charge is -2.46. The van der Waals surface area contributed by atoms with Crippen molar-refractivity contribution in [3.63, 3.8) is 0 Å². The van der Waals surface area contributed by atoms with Gasteiger partial charge in [0.25, 0.3) is 0 Å². The molecule has 0 radical (unpaired) electrons. The third-order valence-corrected chi connectivity index (χ3v) is 3.23. The van der Waals surface area contributed by atoms with E-state index in [2.05, 4.69) is 15.5 Å². The standard InChI is InChI=1S/C11H22N4O/c1-9(2)13-11(16)15-7-10(8-15)14-5-3-12-4-6-14/h9-10,12H,3-8H2,1-2H3,(H,13,16). The SMILES string of the molecule is CC(C)NC(=O)N1CC(N2CCNCC2)C1. The van der Waals surface area contributed by atoms with Crippen LogP contribution in [0.1, 0.15) is 13.8 Å². The fourth-order valence-electron chi connectivity index (χ4n) is 2.24. The van der Waals surface area contributed by atoms with Gasteiger partial charge < -0.3 is 15.5 Å². The molecular weight excluding hydrogens is 204 g/mol. The molecule has 5 heteroatoms. The number of nitrogens with one attached hydrogen (secondary N) is 2. The zero-order valence-corrected chi connectivity index (χ0v) is 10.2. The number of nitrogens with zero attached hydrogens (tertiary/aromatic N) is 2. The Morgan fingerprint density at radius 2 is 1.94 bits per heavy atom. The fraction of sp³-hybridized carbons (Fsp3) is 0.909. The summed E-state index contributed by atoms with van der Waals surface area (Å²) in [6.07, 6.45) is 0. The van der Waals surface area contributed by atoms with Gasteiger partial charge in [0.05, 0.1) is 0 Å². The summed E-state index contributed by atoms with van der Waals surface area (Å²) >= 11 is 0. The number of amides is 2. The van der Waals surface area contributed by atoms with E-state index >= 15 is 0 Å². The second-order valence-corrected chi connectivity index (χ2v) is 4.95. The molecule has 2 N–H and O–H groups in total. The summed E-state index contributed by atoms with van der Waals surface area (Å²) in [6, 6.07) is 0.895. The third-order valence-electron chi connectivity index (χ3n) is 3.23. The van der Waals surface area contributed by atoms with Crippen molar-refractivity contribution in [2.24, 2.45) is 0 Å². The second-order valence-electron chi connectivity index (χ2n) is 4.95. The predicted octanol–water partition coefficient (Wildman–Crippen LogP) is -0.306. The second kappa shape index (κ2) is 5.01. The predicted molar refractivity (Wildman–Crippen MR) is 63.5 cm³/mol. The Morgan fingerprint density at radius 3 is 2.50 bits per heavy atom. The lowest BCUT2D eigenvalue weighted by molar-refractivity contribution is 0.0487. The number of carbonyl (C=O) groups excluding carboxylic acids is 1. The fourth-order valence-corrected chi connectivity index (χ4v) is 2.24. The highest BCUT2D eigenvalue weighted by atomic mass is 16.2. The van der Waals surface area contributed by atoms with E-state index in [1.165, 1.54) is 0 Å². The van der Waals surface area contributed by atoms with Crippen LogP contribution in [0.4, 0.5) is 4.79 Å². The lowest BCUT2D eigenvalue weighted by Crippen LogP contribution is -2.65. The molecule has 2 rings (SSSR count). The molecule has 0 aliphatic carbocycles. The highest BCUT2D eigenvalue weighted by Crippen LogP contribution is 2.15. The largest absolute Gasteiger partial charge is 0.336 e. The smallest absolute Gasteiger partial charge is 0.317 e. The molecule has 0 aromatic carbocycles. The molecule has 2 fully saturated rings. The molecule has 0 unspecified atom stereocenters. The van der Waals surface area contributed by atoms with Crippen molar-refractivity contribution in [2.75, 3.05) is 39.3 Å². The normalized spacial score (nSPS) is 23.3. The Labute approximate surface area is 97.2 Å². The molecule has 2 amide bonds. The van der Waals surface area contributed by atoms with Crippen LogP contribution in [0.25, 0.3) is 0 Å². The molecule has 2 aliphatic rings. The summed E-state index contributed by atoms with van der Waals surface area (Å²) in [7, 11) is 0. The first-order valence-corrected chi connectivity index (χ1v) is 6.17. The molecule has 0 aromatic heterocycles. The van der Waals surface area contributed by atoms with Gasteiger partial charge in [0, 0.05) is 51.4 Å². The highest BCUT2D eigenvalue weighted by Gasteiger charge is 2.35. The number of piperazine rings is 1. The number of likely N-dealkylation sites (tertiary alicyclic amines) is 1. The Hall–Kier alpha value is -0.810. The van der Waals surface area contributed by atoms with E-state index in [1.54, 1.807) is 0 Å². The summed E-state index contributed by atoms with van der Waals surface area (Å²) in [4.78, 5) is 16.0. The van der Waals surface area contributed by atoms with Crippen molar-refractivity contribution in [1.29, 1.82) is 0 Å². The van der Waals surface area contributed by atoms with Crippen LogP contribution in [0.5, 0.6) is 0 Å². The number of urea groups is 1. The van der Waals surface area contributed by atoms with Crippen LogP contribution in [0.2, 0.25) is 0 Å². The first-order valence-electron chi connectivity index (χ1n) is 6.17. The van der Waals surface area contributed by atoms with Crippen LogP contribution in [0.15, 0.2) is 0 Å². The maximum Gasteiger partial charge on any atom is 0.317 e. The quantitative estimate of drug-likeness (QED) is 0.679. The Morgan fingerprint density at radius 1 is 1.31 bits per heavy atom. The monoisotopic (exact) mass is 226 g/mol. The van der Waals surface area contributed by atoms with E-state index < -0.39 is 0 Å². The summed E-state index contributed by atoms with van der Waals surface area (Å²) < 4.78 is 0. The van der Waals surface area contributed by atoms with Crippen LogP contribution in [-0.2, 0) is 0 Å². The molecule has 2 saturated heterocycles. The van der Waals surface area contributed by atoms with Crippen LogP contribution in [0, 0.1) is 0 Å². The number of hydrogen-bond donors (Lipinski definition) is 2. The molecule has 92 valence electrons. The van der Waals surface area contributed by atoms with Crippen LogP contribution < -0.4 is 10.6 Å². The molecule has 0 saturated carbocycles. The molecule has 2 aliphatic heterocycles. The van der Waals surface area contributed by atoms with E-state index in [-0.39, 0.29) is 12.1 Å². The van der Waals surface area contributed by atoms with Gasteiger partial charge in [0.15, 0.2) is 0 Å². The molecule has 2 heterocycles. The van der Waals surface area contributed by atoms with Crippen molar-refractivity contribution in [3.05, 3.63) is 0 Å². The van der Waals surface area contributed by atoms with Crippen molar-refractivity contribution < 1.29 is 4.79 Å². The molecular formula is C11H22N4O. The van der Waals surface area contributed by atoms with Crippen molar-refractivity contribution in [3.8, 4) is 0 Å². The van der Waals surface area contributed by atoms with Crippen LogP contribution in [0.3, 0.4) is 0 Å². The van der Waals surface area contributed by atoms with E-state index in [0.29, 0.717) is 6.04 Å². The first kappa shape index (κ1) is 11.7. The van der Waals surface area contributed by atoms with Gasteiger partial charge in [-0.1, -0.05) is 0 Å². The molecule has 16 heavy (non-hydrogen) atoms. The highest BCUT2D eigenvalue weighted by molar-refractivity contribution is 5.75. The zero-order valence-electron chi connectivity index (χ0n) is 10.2. The number of rotatable bonds is 2. The van der Waals surface area contributed by atoms with Gasteiger partial charge >= 0.3 is 6.03 Å². The molecule has 5 nitrogen and oxygen atoms in total. The molecule has 0 spiro atoms.